The fourth-order valence-electron chi connectivity index (χ4n) is 2.51. The smallest absolute Gasteiger partial charge is 0.272 e. The second kappa shape index (κ2) is 6.27. The van der Waals surface area contributed by atoms with Crippen molar-refractivity contribution in [2.45, 2.75) is 6.54 Å². The molecule has 0 spiro atoms. The number of benzene rings is 2. The number of amides is 1. The molecule has 1 N–H and O–H groups in total. The summed E-state index contributed by atoms with van der Waals surface area (Å²) in [6.07, 6.45) is 1.66. The van der Waals surface area contributed by atoms with Crippen molar-refractivity contribution in [2.24, 2.45) is 0 Å². The highest BCUT2D eigenvalue weighted by Crippen LogP contribution is 2.32. The number of carbonyl (C=O) groups is 1. The summed E-state index contributed by atoms with van der Waals surface area (Å²) in [6.45, 7) is 0.560. The number of aromatic nitrogens is 2. The Bertz CT molecular complexity index is 922. The van der Waals surface area contributed by atoms with Crippen LogP contribution in [0.2, 0.25) is 0 Å². The van der Waals surface area contributed by atoms with Crippen LogP contribution >= 0.6 is 0 Å². The van der Waals surface area contributed by atoms with Crippen LogP contribution in [-0.4, -0.2) is 22.5 Å². The normalized spacial score (nSPS) is 12.2. The summed E-state index contributed by atoms with van der Waals surface area (Å²) >= 11 is 0. The zero-order valence-electron chi connectivity index (χ0n) is 13.1. The van der Waals surface area contributed by atoms with Crippen molar-refractivity contribution in [1.82, 2.24) is 15.1 Å². The van der Waals surface area contributed by atoms with Crippen molar-refractivity contribution < 1.29 is 18.7 Å². The van der Waals surface area contributed by atoms with E-state index in [-0.39, 0.29) is 24.2 Å². The lowest BCUT2D eigenvalue weighted by Gasteiger charge is -2.05. The average molecular weight is 339 g/mol. The maximum Gasteiger partial charge on any atom is 0.272 e. The van der Waals surface area contributed by atoms with Gasteiger partial charge in [-0.05, 0) is 48.0 Å². The molecule has 0 unspecified atom stereocenters. The predicted molar refractivity (Wildman–Crippen MR) is 87.3 cm³/mol. The van der Waals surface area contributed by atoms with Gasteiger partial charge in [-0.25, -0.2) is 9.07 Å². The Morgan fingerprint density at radius 1 is 1.12 bits per heavy atom. The molecular formula is C18H14FN3O3. The van der Waals surface area contributed by atoms with Gasteiger partial charge in [0.1, 0.15) is 5.82 Å². The van der Waals surface area contributed by atoms with Crippen LogP contribution in [0, 0.1) is 5.82 Å². The number of hydrogen-bond donors (Lipinski definition) is 1. The van der Waals surface area contributed by atoms with Crippen LogP contribution in [-0.2, 0) is 6.54 Å². The summed E-state index contributed by atoms with van der Waals surface area (Å²) in [5.74, 6) is 0.761. The molecule has 2 aromatic carbocycles. The predicted octanol–water partition coefficient (Wildman–Crippen LogP) is 2.67. The van der Waals surface area contributed by atoms with Crippen molar-refractivity contribution in [3.05, 3.63) is 71.8 Å². The van der Waals surface area contributed by atoms with Crippen LogP contribution in [0.5, 0.6) is 11.5 Å². The highest BCUT2D eigenvalue weighted by molar-refractivity contribution is 5.92. The van der Waals surface area contributed by atoms with Gasteiger partial charge in [-0.15, -0.1) is 0 Å². The van der Waals surface area contributed by atoms with Gasteiger partial charge >= 0.3 is 0 Å². The standard InChI is InChI=1S/C18H14FN3O3/c19-13-2-4-14(5-3-13)22-8-7-15(21-22)18(23)20-10-12-1-6-16-17(9-12)25-11-24-16/h1-9H,10-11H2,(H,20,23). The average Bonchev–Trinajstić information content (AvgIpc) is 3.29. The van der Waals surface area contributed by atoms with Crippen LogP contribution in [0.1, 0.15) is 16.1 Å². The highest BCUT2D eigenvalue weighted by Gasteiger charge is 2.14. The van der Waals surface area contributed by atoms with E-state index in [1.165, 1.54) is 16.8 Å². The Hall–Kier alpha value is -3.35. The Kier molecular flexibility index (Phi) is 3.81. The number of nitrogens with zero attached hydrogens (tertiary/aromatic N) is 2. The van der Waals surface area contributed by atoms with E-state index >= 15 is 0 Å². The number of ether oxygens (including phenoxy) is 2. The number of fused-ring (bicyclic) bond motifs is 1. The number of nitrogens with one attached hydrogen (secondary N) is 1. The van der Waals surface area contributed by atoms with E-state index in [4.69, 9.17) is 9.47 Å². The molecule has 1 amide bonds. The molecule has 2 heterocycles. The minimum atomic E-state index is -0.322. The van der Waals surface area contributed by atoms with Crippen molar-refractivity contribution in [3.8, 4) is 17.2 Å². The van der Waals surface area contributed by atoms with Crippen LogP contribution in [0.25, 0.3) is 5.69 Å². The van der Waals surface area contributed by atoms with Gasteiger partial charge in [0.25, 0.3) is 5.91 Å². The van der Waals surface area contributed by atoms with E-state index in [0.29, 0.717) is 23.7 Å². The van der Waals surface area contributed by atoms with Gasteiger partial charge in [-0.1, -0.05) is 6.07 Å². The monoisotopic (exact) mass is 339 g/mol. The molecule has 1 aliphatic heterocycles. The van der Waals surface area contributed by atoms with Crippen molar-refractivity contribution in [2.75, 3.05) is 6.79 Å². The molecule has 0 atom stereocenters. The maximum atomic E-state index is 13.0. The van der Waals surface area contributed by atoms with E-state index < -0.39 is 0 Å². The molecule has 25 heavy (non-hydrogen) atoms. The molecule has 0 saturated carbocycles. The quantitative estimate of drug-likeness (QED) is 0.794. The van der Waals surface area contributed by atoms with Crippen LogP contribution in [0.3, 0.4) is 0 Å². The molecule has 0 saturated heterocycles. The first kappa shape index (κ1) is 15.2. The van der Waals surface area contributed by atoms with Gasteiger partial charge < -0.3 is 14.8 Å². The molecule has 1 aliphatic rings. The lowest BCUT2D eigenvalue weighted by Crippen LogP contribution is -2.23. The summed E-state index contributed by atoms with van der Waals surface area (Å²) in [5, 5.41) is 7.03. The zero-order valence-corrected chi connectivity index (χ0v) is 13.1. The number of carbonyl (C=O) groups excluding carboxylic acids is 1. The number of halogens is 1. The summed E-state index contributed by atoms with van der Waals surface area (Å²) in [7, 11) is 0. The fraction of sp³-hybridized carbons (Fsp3) is 0.111. The van der Waals surface area contributed by atoms with E-state index in [1.54, 1.807) is 24.4 Å². The van der Waals surface area contributed by atoms with E-state index in [0.717, 1.165) is 5.56 Å². The van der Waals surface area contributed by atoms with Gasteiger partial charge in [0.2, 0.25) is 6.79 Å². The SMILES string of the molecule is O=C(NCc1ccc2c(c1)OCO2)c1ccn(-c2ccc(F)cc2)n1. The van der Waals surface area contributed by atoms with Gasteiger partial charge in [0, 0.05) is 12.7 Å². The molecular weight excluding hydrogens is 325 g/mol. The number of rotatable bonds is 4. The third-order valence-corrected chi connectivity index (χ3v) is 3.80. The van der Waals surface area contributed by atoms with Crippen molar-refractivity contribution in [3.63, 3.8) is 0 Å². The van der Waals surface area contributed by atoms with Gasteiger partial charge in [0.05, 0.1) is 5.69 Å². The van der Waals surface area contributed by atoms with Crippen LogP contribution in [0.4, 0.5) is 4.39 Å². The summed E-state index contributed by atoms with van der Waals surface area (Å²) in [5.41, 5.74) is 1.86. The third-order valence-electron chi connectivity index (χ3n) is 3.80. The maximum absolute atomic E-state index is 13.0. The molecule has 0 radical (unpaired) electrons. The molecule has 7 heteroatoms. The van der Waals surface area contributed by atoms with Crippen molar-refractivity contribution in [1.29, 1.82) is 0 Å². The minimum absolute atomic E-state index is 0.214. The zero-order chi connectivity index (χ0) is 17.2. The largest absolute Gasteiger partial charge is 0.454 e. The first-order valence-corrected chi connectivity index (χ1v) is 7.67. The lowest BCUT2D eigenvalue weighted by molar-refractivity contribution is 0.0945. The Balaban J connectivity index is 1.42. The molecule has 0 aliphatic carbocycles. The Morgan fingerprint density at radius 2 is 1.92 bits per heavy atom. The molecule has 3 aromatic rings. The minimum Gasteiger partial charge on any atom is -0.454 e. The first-order valence-electron chi connectivity index (χ1n) is 7.67. The van der Waals surface area contributed by atoms with Crippen molar-refractivity contribution >= 4 is 5.91 Å². The third kappa shape index (κ3) is 3.16. The fourth-order valence-corrected chi connectivity index (χ4v) is 2.51. The summed E-state index contributed by atoms with van der Waals surface area (Å²) in [4.78, 5) is 12.2. The first-order chi connectivity index (χ1) is 12.2. The summed E-state index contributed by atoms with van der Waals surface area (Å²) < 4.78 is 25.1. The Morgan fingerprint density at radius 3 is 2.76 bits per heavy atom. The number of hydrogen-bond acceptors (Lipinski definition) is 4. The molecule has 126 valence electrons. The highest BCUT2D eigenvalue weighted by atomic mass is 19.1. The molecule has 1 aromatic heterocycles. The molecule has 4 rings (SSSR count). The second-order valence-electron chi connectivity index (χ2n) is 5.49. The van der Waals surface area contributed by atoms with Crippen LogP contribution < -0.4 is 14.8 Å². The topological polar surface area (TPSA) is 65.4 Å². The van der Waals surface area contributed by atoms with E-state index in [9.17, 15) is 9.18 Å². The van der Waals surface area contributed by atoms with E-state index in [2.05, 4.69) is 10.4 Å². The second-order valence-corrected chi connectivity index (χ2v) is 5.49. The van der Waals surface area contributed by atoms with Gasteiger partial charge in [0.15, 0.2) is 17.2 Å². The molecule has 0 bridgehead atoms. The Labute approximate surface area is 142 Å². The lowest BCUT2D eigenvalue weighted by atomic mass is 10.2. The van der Waals surface area contributed by atoms with Crippen LogP contribution in [0.15, 0.2) is 54.7 Å². The summed E-state index contributed by atoms with van der Waals surface area (Å²) in [6, 6.07) is 13.0. The molecule has 0 fully saturated rings. The van der Waals surface area contributed by atoms with Gasteiger partial charge in [-0.2, -0.15) is 5.10 Å². The van der Waals surface area contributed by atoms with E-state index in [1.807, 2.05) is 18.2 Å². The molecule has 6 nitrogen and oxygen atoms in total. The van der Waals surface area contributed by atoms with Gasteiger partial charge in [-0.3, -0.25) is 4.79 Å².